The molecule has 3 unspecified atom stereocenters. The number of halogens is 1. The van der Waals surface area contributed by atoms with Crippen LogP contribution in [-0.4, -0.2) is 18.0 Å². The highest BCUT2D eigenvalue weighted by molar-refractivity contribution is 5.85. The number of rotatable bonds is 3. The molecule has 2 fully saturated rings. The van der Waals surface area contributed by atoms with Crippen LogP contribution in [-0.2, 0) is 4.79 Å². The van der Waals surface area contributed by atoms with Gasteiger partial charge in [0.2, 0.25) is 5.91 Å². The fourth-order valence-corrected chi connectivity index (χ4v) is 3.58. The Balaban J connectivity index is 0.00000180. The summed E-state index contributed by atoms with van der Waals surface area (Å²) in [6.07, 6.45) is 8.91. The lowest BCUT2D eigenvalue weighted by Gasteiger charge is -2.31. The molecule has 0 spiro atoms. The average molecular weight is 289 g/mol. The highest BCUT2D eigenvalue weighted by atomic mass is 35.5. The molecular weight excluding hydrogens is 260 g/mol. The molecule has 0 aromatic carbocycles. The van der Waals surface area contributed by atoms with Crippen molar-refractivity contribution in [1.29, 1.82) is 0 Å². The van der Waals surface area contributed by atoms with Gasteiger partial charge in [0.1, 0.15) is 0 Å². The highest BCUT2D eigenvalue weighted by Crippen LogP contribution is 2.37. The van der Waals surface area contributed by atoms with Crippen LogP contribution in [0.4, 0.5) is 0 Å². The van der Waals surface area contributed by atoms with E-state index in [-0.39, 0.29) is 29.8 Å². The van der Waals surface area contributed by atoms with Crippen molar-refractivity contribution < 1.29 is 4.79 Å². The van der Waals surface area contributed by atoms with E-state index in [1.54, 1.807) is 0 Å². The fourth-order valence-electron chi connectivity index (χ4n) is 3.58. The first-order chi connectivity index (χ1) is 8.49. The molecule has 0 aromatic heterocycles. The quantitative estimate of drug-likeness (QED) is 0.839. The minimum absolute atomic E-state index is 0. The second-order valence-electron chi connectivity index (χ2n) is 6.91. The van der Waals surface area contributed by atoms with Crippen LogP contribution >= 0.6 is 12.4 Å². The van der Waals surface area contributed by atoms with Crippen LogP contribution in [0.15, 0.2) is 0 Å². The normalized spacial score (nSPS) is 33.5. The van der Waals surface area contributed by atoms with Gasteiger partial charge in [0.25, 0.3) is 0 Å². The monoisotopic (exact) mass is 288 g/mol. The van der Waals surface area contributed by atoms with E-state index >= 15 is 0 Å². The Morgan fingerprint density at radius 1 is 1.21 bits per heavy atom. The standard InChI is InChI=1S/C15H28N2O.ClH/c1-15(2)9-5-8-13(15)17-14(18)10-11-6-3-4-7-12(11)16;/h11-13H,3-10,16H2,1-2H3,(H,17,18);1H. The van der Waals surface area contributed by atoms with Crippen LogP contribution in [0.5, 0.6) is 0 Å². The van der Waals surface area contributed by atoms with Crippen molar-refractivity contribution in [1.82, 2.24) is 5.32 Å². The molecule has 3 atom stereocenters. The third kappa shape index (κ3) is 4.35. The molecule has 0 aromatic rings. The number of carbonyl (C=O) groups excluding carboxylic acids is 1. The summed E-state index contributed by atoms with van der Waals surface area (Å²) in [4.78, 5) is 12.1. The predicted octanol–water partition coefficient (Wildman–Crippen LogP) is 3.01. The van der Waals surface area contributed by atoms with Crippen molar-refractivity contribution in [3.8, 4) is 0 Å². The second kappa shape index (κ2) is 6.94. The largest absolute Gasteiger partial charge is 0.353 e. The molecule has 1 amide bonds. The molecule has 0 aliphatic heterocycles. The lowest BCUT2D eigenvalue weighted by atomic mass is 9.82. The Bertz CT molecular complexity index is 307. The predicted molar refractivity (Wildman–Crippen MR) is 81.4 cm³/mol. The van der Waals surface area contributed by atoms with Crippen molar-refractivity contribution in [2.45, 2.75) is 77.3 Å². The molecule has 3 nitrogen and oxygen atoms in total. The summed E-state index contributed by atoms with van der Waals surface area (Å²) in [5, 5.41) is 3.24. The molecule has 0 bridgehead atoms. The summed E-state index contributed by atoms with van der Waals surface area (Å²) in [7, 11) is 0. The van der Waals surface area contributed by atoms with Gasteiger partial charge in [-0.2, -0.15) is 0 Å². The number of hydrogen-bond donors (Lipinski definition) is 2. The molecule has 2 aliphatic rings. The topological polar surface area (TPSA) is 55.1 Å². The summed E-state index contributed by atoms with van der Waals surface area (Å²) < 4.78 is 0. The molecule has 2 rings (SSSR count). The number of hydrogen-bond acceptors (Lipinski definition) is 2. The zero-order chi connectivity index (χ0) is 13.2. The molecule has 4 heteroatoms. The SMILES string of the molecule is CC1(C)CCCC1NC(=O)CC1CCCCC1N.Cl. The lowest BCUT2D eigenvalue weighted by Crippen LogP contribution is -2.44. The summed E-state index contributed by atoms with van der Waals surface area (Å²) in [5.74, 6) is 0.626. The van der Waals surface area contributed by atoms with Crippen molar-refractivity contribution in [3.63, 3.8) is 0 Å². The molecule has 0 radical (unpaired) electrons. The zero-order valence-corrected chi connectivity index (χ0v) is 13.1. The van der Waals surface area contributed by atoms with E-state index in [9.17, 15) is 4.79 Å². The summed E-state index contributed by atoms with van der Waals surface area (Å²) >= 11 is 0. The lowest BCUT2D eigenvalue weighted by molar-refractivity contribution is -0.123. The van der Waals surface area contributed by atoms with Crippen LogP contribution in [0, 0.1) is 11.3 Å². The molecule has 0 saturated heterocycles. The zero-order valence-electron chi connectivity index (χ0n) is 12.3. The Kier molecular flexibility index (Phi) is 6.13. The van der Waals surface area contributed by atoms with Gasteiger partial charge in [0.05, 0.1) is 0 Å². The van der Waals surface area contributed by atoms with Gasteiger partial charge in [-0.1, -0.05) is 33.1 Å². The second-order valence-corrected chi connectivity index (χ2v) is 6.91. The smallest absolute Gasteiger partial charge is 0.220 e. The Morgan fingerprint density at radius 3 is 2.47 bits per heavy atom. The molecule has 3 N–H and O–H groups in total. The van der Waals surface area contributed by atoms with E-state index in [1.807, 2.05) is 0 Å². The number of amides is 1. The van der Waals surface area contributed by atoms with Gasteiger partial charge in [0.15, 0.2) is 0 Å². The first kappa shape index (κ1) is 16.8. The maximum absolute atomic E-state index is 12.1. The molecule has 112 valence electrons. The van der Waals surface area contributed by atoms with E-state index in [1.165, 1.54) is 25.7 Å². The molecular formula is C15H29ClN2O. The van der Waals surface area contributed by atoms with Crippen molar-refractivity contribution in [2.24, 2.45) is 17.1 Å². The van der Waals surface area contributed by atoms with Gasteiger partial charge in [-0.25, -0.2) is 0 Å². The minimum Gasteiger partial charge on any atom is -0.353 e. The van der Waals surface area contributed by atoms with Gasteiger partial charge in [-0.05, 0) is 37.0 Å². The first-order valence-corrected chi connectivity index (χ1v) is 7.54. The van der Waals surface area contributed by atoms with Gasteiger partial charge in [0, 0.05) is 18.5 Å². The van der Waals surface area contributed by atoms with E-state index in [0.29, 0.717) is 18.4 Å². The van der Waals surface area contributed by atoms with Crippen LogP contribution in [0.2, 0.25) is 0 Å². The van der Waals surface area contributed by atoms with E-state index in [2.05, 4.69) is 19.2 Å². The van der Waals surface area contributed by atoms with Crippen LogP contribution in [0.3, 0.4) is 0 Å². The van der Waals surface area contributed by atoms with Crippen molar-refractivity contribution in [2.75, 3.05) is 0 Å². The van der Waals surface area contributed by atoms with Crippen LogP contribution < -0.4 is 11.1 Å². The maximum Gasteiger partial charge on any atom is 0.220 e. The molecule has 2 saturated carbocycles. The first-order valence-electron chi connectivity index (χ1n) is 7.54. The van der Waals surface area contributed by atoms with Gasteiger partial charge in [-0.15, -0.1) is 12.4 Å². The van der Waals surface area contributed by atoms with Crippen molar-refractivity contribution >= 4 is 18.3 Å². The summed E-state index contributed by atoms with van der Waals surface area (Å²) in [5.41, 5.74) is 6.38. The van der Waals surface area contributed by atoms with Crippen LogP contribution in [0.1, 0.15) is 65.2 Å². The van der Waals surface area contributed by atoms with Gasteiger partial charge < -0.3 is 11.1 Å². The average Bonchev–Trinajstić information content (AvgIpc) is 2.62. The Hall–Kier alpha value is -0.280. The molecule has 2 aliphatic carbocycles. The summed E-state index contributed by atoms with van der Waals surface area (Å²) in [6, 6.07) is 0.603. The van der Waals surface area contributed by atoms with E-state index in [0.717, 1.165) is 19.3 Å². The van der Waals surface area contributed by atoms with Crippen LogP contribution in [0.25, 0.3) is 0 Å². The van der Waals surface area contributed by atoms with E-state index in [4.69, 9.17) is 5.73 Å². The fraction of sp³-hybridized carbons (Fsp3) is 0.933. The molecule has 0 heterocycles. The third-order valence-corrected chi connectivity index (χ3v) is 5.01. The number of carbonyl (C=O) groups is 1. The number of nitrogens with one attached hydrogen (secondary N) is 1. The molecule has 19 heavy (non-hydrogen) atoms. The van der Waals surface area contributed by atoms with E-state index < -0.39 is 0 Å². The van der Waals surface area contributed by atoms with Crippen molar-refractivity contribution in [3.05, 3.63) is 0 Å². The third-order valence-electron chi connectivity index (χ3n) is 5.01. The Morgan fingerprint density at radius 2 is 1.89 bits per heavy atom. The Labute approximate surface area is 123 Å². The minimum atomic E-state index is 0. The summed E-state index contributed by atoms with van der Waals surface area (Å²) in [6.45, 7) is 4.52. The number of nitrogens with two attached hydrogens (primary N) is 1. The highest BCUT2D eigenvalue weighted by Gasteiger charge is 2.35. The van der Waals surface area contributed by atoms with Gasteiger partial charge in [-0.3, -0.25) is 4.79 Å². The van der Waals surface area contributed by atoms with Gasteiger partial charge >= 0.3 is 0 Å². The maximum atomic E-state index is 12.1.